The van der Waals surface area contributed by atoms with E-state index in [9.17, 15) is 4.79 Å². The highest BCUT2D eigenvalue weighted by atomic mass is 16.7. The molecule has 5 nitrogen and oxygen atoms in total. The van der Waals surface area contributed by atoms with E-state index in [2.05, 4.69) is 10.1 Å². The molecule has 0 spiro atoms. The van der Waals surface area contributed by atoms with Crippen LogP contribution in [0.5, 0.6) is 11.5 Å². The van der Waals surface area contributed by atoms with Crippen LogP contribution in [-0.2, 0) is 16.0 Å². The molecule has 98 valence electrons. The monoisotopic (exact) mass is 251 g/mol. The number of hydrogen-bond acceptors (Lipinski definition) is 5. The Balaban J connectivity index is 1.88. The Hall–Kier alpha value is -1.75. The van der Waals surface area contributed by atoms with Crippen molar-refractivity contribution in [2.45, 2.75) is 13.3 Å². The van der Waals surface area contributed by atoms with Crippen LogP contribution in [0.2, 0.25) is 0 Å². The number of nitrogens with one attached hydrogen (secondary N) is 1. The van der Waals surface area contributed by atoms with E-state index in [1.54, 1.807) is 0 Å². The van der Waals surface area contributed by atoms with Gasteiger partial charge in [-0.1, -0.05) is 0 Å². The molecule has 18 heavy (non-hydrogen) atoms. The number of carbonyl (C=O) groups excluding carboxylic acids is 1. The number of ether oxygens (including phenoxy) is 3. The summed E-state index contributed by atoms with van der Waals surface area (Å²) in [6.07, 6.45) is 0.833. The molecule has 1 aliphatic rings. The fourth-order valence-corrected chi connectivity index (χ4v) is 1.84. The Morgan fingerprint density at radius 2 is 2.11 bits per heavy atom. The number of rotatable bonds is 5. The standard InChI is InChI=1S/C13H17NO4/c1-9-5-11-12(18-8-17-11)6-10(9)3-4-14-7-13(15)16-2/h5-6,14H,3-4,7-8H2,1-2H3. The summed E-state index contributed by atoms with van der Waals surface area (Å²) in [4.78, 5) is 10.9. The van der Waals surface area contributed by atoms with E-state index in [1.165, 1.54) is 18.2 Å². The average molecular weight is 251 g/mol. The van der Waals surface area contributed by atoms with E-state index >= 15 is 0 Å². The maximum atomic E-state index is 10.9. The lowest BCUT2D eigenvalue weighted by molar-refractivity contribution is -0.139. The second kappa shape index (κ2) is 5.73. The van der Waals surface area contributed by atoms with Gasteiger partial charge < -0.3 is 19.5 Å². The summed E-state index contributed by atoms with van der Waals surface area (Å²) < 4.78 is 15.2. The molecule has 0 radical (unpaired) electrons. The summed E-state index contributed by atoms with van der Waals surface area (Å²) in [6, 6.07) is 3.98. The molecule has 0 unspecified atom stereocenters. The quantitative estimate of drug-likeness (QED) is 0.625. The zero-order valence-electron chi connectivity index (χ0n) is 10.6. The van der Waals surface area contributed by atoms with E-state index in [0.717, 1.165) is 24.5 Å². The Morgan fingerprint density at radius 1 is 1.39 bits per heavy atom. The zero-order chi connectivity index (χ0) is 13.0. The van der Waals surface area contributed by atoms with Crippen molar-refractivity contribution in [2.75, 3.05) is 27.0 Å². The molecule has 0 amide bonds. The smallest absolute Gasteiger partial charge is 0.319 e. The summed E-state index contributed by atoms with van der Waals surface area (Å²) in [6.45, 7) is 3.28. The van der Waals surface area contributed by atoms with Crippen LogP contribution < -0.4 is 14.8 Å². The average Bonchev–Trinajstić information content (AvgIpc) is 2.81. The molecule has 1 aromatic rings. The molecule has 0 bridgehead atoms. The first-order valence-corrected chi connectivity index (χ1v) is 5.87. The predicted molar refractivity (Wildman–Crippen MR) is 65.9 cm³/mol. The number of carbonyl (C=O) groups is 1. The predicted octanol–water partition coefficient (Wildman–Crippen LogP) is 1.03. The van der Waals surface area contributed by atoms with Gasteiger partial charge in [-0.25, -0.2) is 0 Å². The third kappa shape index (κ3) is 2.92. The molecule has 0 aromatic heterocycles. The van der Waals surface area contributed by atoms with Crippen LogP contribution in [0, 0.1) is 6.92 Å². The van der Waals surface area contributed by atoms with Crippen LogP contribution >= 0.6 is 0 Å². The molecule has 5 heteroatoms. The topological polar surface area (TPSA) is 56.8 Å². The second-order valence-corrected chi connectivity index (χ2v) is 4.13. The molecule has 0 fully saturated rings. The van der Waals surface area contributed by atoms with Gasteiger partial charge in [-0.2, -0.15) is 0 Å². The van der Waals surface area contributed by atoms with Crippen LogP contribution in [0.15, 0.2) is 12.1 Å². The van der Waals surface area contributed by atoms with Crippen LogP contribution in [-0.4, -0.2) is 33.0 Å². The van der Waals surface area contributed by atoms with Gasteiger partial charge in [0.1, 0.15) is 0 Å². The molecule has 1 aliphatic heterocycles. The molecule has 1 aromatic carbocycles. The summed E-state index contributed by atoms with van der Waals surface area (Å²) in [5.41, 5.74) is 2.36. The van der Waals surface area contributed by atoms with E-state index < -0.39 is 0 Å². The van der Waals surface area contributed by atoms with Gasteiger partial charge in [-0.3, -0.25) is 4.79 Å². The Kier molecular flexibility index (Phi) is 4.04. The molecular weight excluding hydrogens is 234 g/mol. The molecule has 0 saturated heterocycles. The summed E-state index contributed by atoms with van der Waals surface area (Å²) in [5.74, 6) is 1.35. The van der Waals surface area contributed by atoms with Gasteiger partial charge in [-0.15, -0.1) is 0 Å². The number of fused-ring (bicyclic) bond motifs is 1. The van der Waals surface area contributed by atoms with Crippen molar-refractivity contribution >= 4 is 5.97 Å². The van der Waals surface area contributed by atoms with Crippen LogP contribution in [0.4, 0.5) is 0 Å². The molecule has 0 aliphatic carbocycles. The number of benzene rings is 1. The van der Waals surface area contributed by atoms with Crippen molar-refractivity contribution in [3.05, 3.63) is 23.3 Å². The highest BCUT2D eigenvalue weighted by Crippen LogP contribution is 2.34. The second-order valence-electron chi connectivity index (χ2n) is 4.13. The molecule has 1 N–H and O–H groups in total. The van der Waals surface area contributed by atoms with Gasteiger partial charge in [0.15, 0.2) is 11.5 Å². The minimum absolute atomic E-state index is 0.236. The highest BCUT2D eigenvalue weighted by Gasteiger charge is 2.15. The van der Waals surface area contributed by atoms with E-state index in [0.29, 0.717) is 6.79 Å². The van der Waals surface area contributed by atoms with Crippen LogP contribution in [0.3, 0.4) is 0 Å². The van der Waals surface area contributed by atoms with Crippen molar-refractivity contribution in [1.82, 2.24) is 5.32 Å². The number of esters is 1. The molecule has 0 atom stereocenters. The first-order valence-electron chi connectivity index (χ1n) is 5.87. The lowest BCUT2D eigenvalue weighted by Gasteiger charge is -2.08. The van der Waals surface area contributed by atoms with Crippen molar-refractivity contribution in [3.8, 4) is 11.5 Å². The molecule has 1 heterocycles. The summed E-state index contributed by atoms with van der Waals surface area (Å²) in [7, 11) is 1.38. The largest absolute Gasteiger partial charge is 0.468 e. The van der Waals surface area contributed by atoms with Gasteiger partial charge in [0, 0.05) is 0 Å². The fourth-order valence-electron chi connectivity index (χ4n) is 1.84. The van der Waals surface area contributed by atoms with E-state index in [1.807, 2.05) is 19.1 Å². The molecule has 0 saturated carbocycles. The van der Waals surface area contributed by atoms with Crippen molar-refractivity contribution < 1.29 is 19.0 Å². The fraction of sp³-hybridized carbons (Fsp3) is 0.462. The van der Waals surface area contributed by atoms with Gasteiger partial charge in [0.2, 0.25) is 6.79 Å². The molecule has 2 rings (SSSR count). The van der Waals surface area contributed by atoms with Crippen LogP contribution in [0.1, 0.15) is 11.1 Å². The van der Waals surface area contributed by atoms with Gasteiger partial charge in [-0.05, 0) is 43.1 Å². The lowest BCUT2D eigenvalue weighted by Crippen LogP contribution is -2.25. The van der Waals surface area contributed by atoms with Crippen molar-refractivity contribution in [1.29, 1.82) is 0 Å². The van der Waals surface area contributed by atoms with Gasteiger partial charge >= 0.3 is 5.97 Å². The minimum Gasteiger partial charge on any atom is -0.468 e. The number of hydrogen-bond donors (Lipinski definition) is 1. The maximum absolute atomic E-state index is 10.9. The SMILES string of the molecule is COC(=O)CNCCc1cc2c(cc1C)OCO2. The zero-order valence-corrected chi connectivity index (χ0v) is 10.6. The van der Waals surface area contributed by atoms with Crippen molar-refractivity contribution in [2.24, 2.45) is 0 Å². The van der Waals surface area contributed by atoms with Crippen LogP contribution in [0.25, 0.3) is 0 Å². The Morgan fingerprint density at radius 3 is 2.83 bits per heavy atom. The van der Waals surface area contributed by atoms with E-state index in [-0.39, 0.29) is 12.5 Å². The summed E-state index contributed by atoms with van der Waals surface area (Å²) in [5, 5.41) is 3.03. The Bertz CT molecular complexity index is 445. The van der Waals surface area contributed by atoms with Gasteiger partial charge in [0.25, 0.3) is 0 Å². The maximum Gasteiger partial charge on any atom is 0.319 e. The first kappa shape index (κ1) is 12.7. The van der Waals surface area contributed by atoms with E-state index in [4.69, 9.17) is 9.47 Å². The highest BCUT2D eigenvalue weighted by molar-refractivity contribution is 5.71. The lowest BCUT2D eigenvalue weighted by atomic mass is 10.0. The number of aryl methyl sites for hydroxylation is 1. The third-order valence-corrected chi connectivity index (χ3v) is 2.90. The normalized spacial score (nSPS) is 12.6. The number of methoxy groups -OCH3 is 1. The molecular formula is C13H17NO4. The van der Waals surface area contributed by atoms with Gasteiger partial charge in [0.05, 0.1) is 13.7 Å². The first-order chi connectivity index (χ1) is 8.70. The third-order valence-electron chi connectivity index (χ3n) is 2.90. The summed E-state index contributed by atoms with van der Waals surface area (Å²) >= 11 is 0. The van der Waals surface area contributed by atoms with Crippen molar-refractivity contribution in [3.63, 3.8) is 0 Å². The Labute approximate surface area is 106 Å². The minimum atomic E-state index is -0.252.